The molecule has 1 atom stereocenters. The summed E-state index contributed by atoms with van der Waals surface area (Å²) in [6.45, 7) is 9.51. The van der Waals surface area contributed by atoms with Gasteiger partial charge in [-0.15, -0.1) is 0 Å². The first kappa shape index (κ1) is 26.2. The van der Waals surface area contributed by atoms with Crippen LogP contribution in [0.1, 0.15) is 51.2 Å². The average molecular weight is 455 g/mol. The van der Waals surface area contributed by atoms with Crippen molar-refractivity contribution in [2.24, 2.45) is 5.92 Å². The number of nitrogens with zero attached hydrogens (tertiary/aromatic N) is 1. The van der Waals surface area contributed by atoms with Gasteiger partial charge in [-0.25, -0.2) is 0 Å². The Bertz CT molecular complexity index is 880. The zero-order valence-corrected chi connectivity index (χ0v) is 20.6. The monoisotopic (exact) mass is 454 g/mol. The Morgan fingerprint density at radius 3 is 2.36 bits per heavy atom. The van der Waals surface area contributed by atoms with E-state index in [1.54, 1.807) is 12.0 Å². The molecular formula is C27H38N2O4. The highest BCUT2D eigenvalue weighted by atomic mass is 16.5. The molecule has 0 aromatic heterocycles. The van der Waals surface area contributed by atoms with Crippen molar-refractivity contribution in [3.8, 4) is 11.5 Å². The lowest BCUT2D eigenvalue weighted by Crippen LogP contribution is -2.49. The van der Waals surface area contributed by atoms with Gasteiger partial charge in [0, 0.05) is 19.5 Å². The molecule has 2 aromatic carbocycles. The van der Waals surface area contributed by atoms with Crippen LogP contribution in [0.15, 0.2) is 48.5 Å². The van der Waals surface area contributed by atoms with Gasteiger partial charge in [-0.2, -0.15) is 0 Å². The zero-order chi connectivity index (χ0) is 24.2. The smallest absolute Gasteiger partial charge is 0.242 e. The molecule has 0 aliphatic carbocycles. The van der Waals surface area contributed by atoms with E-state index in [9.17, 15) is 9.59 Å². The van der Waals surface area contributed by atoms with Crippen LogP contribution < -0.4 is 14.8 Å². The molecule has 0 radical (unpaired) electrons. The Kier molecular flexibility index (Phi) is 10.7. The van der Waals surface area contributed by atoms with Gasteiger partial charge in [0.15, 0.2) is 0 Å². The first-order chi connectivity index (χ1) is 15.8. The molecule has 0 bridgehead atoms. The van der Waals surface area contributed by atoms with Crippen LogP contribution in [0, 0.1) is 12.8 Å². The van der Waals surface area contributed by atoms with E-state index in [1.807, 2.05) is 56.3 Å². The van der Waals surface area contributed by atoms with Crippen LogP contribution in [0.25, 0.3) is 0 Å². The van der Waals surface area contributed by atoms with Gasteiger partial charge in [0.05, 0.1) is 13.7 Å². The summed E-state index contributed by atoms with van der Waals surface area (Å²) in [6.07, 6.45) is 1.44. The number of methoxy groups -OCH3 is 1. The number of nitrogens with one attached hydrogen (secondary N) is 1. The third-order valence-corrected chi connectivity index (χ3v) is 5.37. The SMILES string of the molecule is CC[C@H](C(=O)NCC(C)C)N(Cc1cccc(C)c1)C(=O)CCCOc1ccc(OC)cc1. The maximum Gasteiger partial charge on any atom is 0.242 e. The van der Waals surface area contributed by atoms with Crippen LogP contribution in [0.4, 0.5) is 0 Å². The molecule has 180 valence electrons. The molecule has 1 N–H and O–H groups in total. The normalized spacial score (nSPS) is 11.7. The summed E-state index contributed by atoms with van der Waals surface area (Å²) in [5.41, 5.74) is 2.15. The second-order valence-electron chi connectivity index (χ2n) is 8.70. The van der Waals surface area contributed by atoms with Gasteiger partial charge in [0.1, 0.15) is 17.5 Å². The summed E-state index contributed by atoms with van der Waals surface area (Å²) in [5, 5.41) is 3.00. The molecule has 0 spiro atoms. The Morgan fingerprint density at radius 2 is 1.76 bits per heavy atom. The zero-order valence-electron chi connectivity index (χ0n) is 20.6. The molecule has 2 rings (SSSR count). The molecular weight excluding hydrogens is 416 g/mol. The van der Waals surface area contributed by atoms with E-state index < -0.39 is 6.04 Å². The van der Waals surface area contributed by atoms with Crippen molar-refractivity contribution in [3.05, 3.63) is 59.7 Å². The number of amides is 2. The van der Waals surface area contributed by atoms with Crippen LogP contribution in [0.3, 0.4) is 0 Å². The molecule has 0 unspecified atom stereocenters. The lowest BCUT2D eigenvalue weighted by molar-refractivity contribution is -0.141. The third kappa shape index (κ3) is 8.79. The Balaban J connectivity index is 2.03. The summed E-state index contributed by atoms with van der Waals surface area (Å²) in [6, 6.07) is 14.9. The number of carbonyl (C=O) groups is 2. The van der Waals surface area contributed by atoms with E-state index in [-0.39, 0.29) is 11.8 Å². The van der Waals surface area contributed by atoms with E-state index in [0.717, 1.165) is 22.6 Å². The Labute approximate surface area is 198 Å². The standard InChI is InChI=1S/C27H38N2O4/c1-6-25(27(31)28-18-20(2)3)29(19-22-10-7-9-21(4)17-22)26(30)11-8-16-33-24-14-12-23(32-5)13-15-24/h7,9-10,12-15,17,20,25H,6,8,11,16,18-19H2,1-5H3,(H,28,31)/t25-/m1/s1. The van der Waals surface area contributed by atoms with Gasteiger partial charge in [-0.05, 0) is 55.5 Å². The fraction of sp³-hybridized carbons (Fsp3) is 0.481. The predicted octanol–water partition coefficient (Wildman–Crippen LogP) is 4.74. The van der Waals surface area contributed by atoms with E-state index >= 15 is 0 Å². The number of carbonyl (C=O) groups excluding carboxylic acids is 2. The number of benzene rings is 2. The molecule has 0 saturated heterocycles. The lowest BCUT2D eigenvalue weighted by atomic mass is 10.1. The second kappa shape index (κ2) is 13.5. The average Bonchev–Trinajstić information content (AvgIpc) is 2.80. The molecule has 2 amide bonds. The van der Waals surface area contributed by atoms with Crippen LogP contribution in [0.2, 0.25) is 0 Å². The molecule has 0 aliphatic rings. The highest BCUT2D eigenvalue weighted by Gasteiger charge is 2.28. The van der Waals surface area contributed by atoms with E-state index in [2.05, 4.69) is 25.2 Å². The maximum atomic E-state index is 13.2. The van der Waals surface area contributed by atoms with Crippen LogP contribution in [-0.2, 0) is 16.1 Å². The van der Waals surface area contributed by atoms with Crippen molar-refractivity contribution in [3.63, 3.8) is 0 Å². The number of hydrogen-bond acceptors (Lipinski definition) is 4. The largest absolute Gasteiger partial charge is 0.497 e. The van der Waals surface area contributed by atoms with E-state index in [4.69, 9.17) is 9.47 Å². The van der Waals surface area contributed by atoms with Gasteiger partial charge in [0.2, 0.25) is 11.8 Å². The van der Waals surface area contributed by atoms with E-state index in [0.29, 0.717) is 44.9 Å². The molecule has 6 heteroatoms. The predicted molar refractivity (Wildman–Crippen MR) is 131 cm³/mol. The molecule has 2 aromatic rings. The Morgan fingerprint density at radius 1 is 1.06 bits per heavy atom. The minimum absolute atomic E-state index is 0.0404. The highest BCUT2D eigenvalue weighted by molar-refractivity contribution is 5.87. The molecule has 0 heterocycles. The fourth-order valence-electron chi connectivity index (χ4n) is 3.58. The molecule has 6 nitrogen and oxygen atoms in total. The molecule has 0 fully saturated rings. The van der Waals surface area contributed by atoms with Crippen molar-refractivity contribution in [1.29, 1.82) is 0 Å². The minimum Gasteiger partial charge on any atom is -0.497 e. The minimum atomic E-state index is -0.501. The quantitative estimate of drug-likeness (QED) is 0.444. The molecule has 0 saturated carbocycles. The van der Waals surface area contributed by atoms with Crippen LogP contribution in [0.5, 0.6) is 11.5 Å². The van der Waals surface area contributed by atoms with Crippen LogP contribution in [-0.4, -0.2) is 43.0 Å². The molecule has 0 aliphatic heterocycles. The number of rotatable bonds is 13. The number of aryl methyl sites for hydroxylation is 1. The third-order valence-electron chi connectivity index (χ3n) is 5.37. The van der Waals surface area contributed by atoms with E-state index in [1.165, 1.54) is 0 Å². The van der Waals surface area contributed by atoms with Crippen molar-refractivity contribution in [1.82, 2.24) is 10.2 Å². The first-order valence-corrected chi connectivity index (χ1v) is 11.7. The van der Waals surface area contributed by atoms with Gasteiger partial charge in [-0.3, -0.25) is 9.59 Å². The highest BCUT2D eigenvalue weighted by Crippen LogP contribution is 2.18. The molecule has 33 heavy (non-hydrogen) atoms. The number of hydrogen-bond donors (Lipinski definition) is 1. The van der Waals surface area contributed by atoms with Gasteiger partial charge < -0.3 is 19.7 Å². The fourth-order valence-corrected chi connectivity index (χ4v) is 3.58. The number of ether oxygens (including phenoxy) is 2. The van der Waals surface area contributed by atoms with Crippen molar-refractivity contribution < 1.29 is 19.1 Å². The van der Waals surface area contributed by atoms with Crippen molar-refractivity contribution in [2.75, 3.05) is 20.3 Å². The second-order valence-corrected chi connectivity index (χ2v) is 8.70. The van der Waals surface area contributed by atoms with Crippen molar-refractivity contribution in [2.45, 2.75) is 59.5 Å². The van der Waals surface area contributed by atoms with Gasteiger partial charge >= 0.3 is 0 Å². The first-order valence-electron chi connectivity index (χ1n) is 11.7. The van der Waals surface area contributed by atoms with Gasteiger partial charge in [-0.1, -0.05) is 50.6 Å². The summed E-state index contributed by atoms with van der Waals surface area (Å²) in [5.74, 6) is 1.72. The van der Waals surface area contributed by atoms with Crippen LogP contribution >= 0.6 is 0 Å². The maximum absolute atomic E-state index is 13.2. The lowest BCUT2D eigenvalue weighted by Gasteiger charge is -2.31. The van der Waals surface area contributed by atoms with Crippen molar-refractivity contribution >= 4 is 11.8 Å². The summed E-state index contributed by atoms with van der Waals surface area (Å²) in [7, 11) is 1.62. The Hall–Kier alpha value is -3.02. The summed E-state index contributed by atoms with van der Waals surface area (Å²) >= 11 is 0. The summed E-state index contributed by atoms with van der Waals surface area (Å²) in [4.78, 5) is 27.9. The topological polar surface area (TPSA) is 67.9 Å². The van der Waals surface area contributed by atoms with Gasteiger partial charge in [0.25, 0.3) is 0 Å². The summed E-state index contributed by atoms with van der Waals surface area (Å²) < 4.78 is 10.9.